The molecule has 2 atom stereocenters. The smallest absolute Gasteiger partial charge is 0.164 e. The van der Waals surface area contributed by atoms with Crippen molar-refractivity contribution in [1.82, 2.24) is 0 Å². The first kappa shape index (κ1) is 9.76. The molecule has 0 radical (unpaired) electrons. The maximum atomic E-state index is 6.47. The second kappa shape index (κ2) is 2.33. The van der Waals surface area contributed by atoms with E-state index in [-0.39, 0.29) is 23.4 Å². The van der Waals surface area contributed by atoms with Crippen LogP contribution in [0.25, 0.3) is 0 Å². The minimum absolute atomic E-state index is 0.0193. The normalized spacial score (nSPS) is 48.4. The summed E-state index contributed by atoms with van der Waals surface area (Å²) in [5.74, 6) is -0.409. The van der Waals surface area contributed by atoms with Crippen LogP contribution >= 0.6 is 0 Å². The Morgan fingerprint density at radius 1 is 0.824 bits per heavy atom. The summed E-state index contributed by atoms with van der Waals surface area (Å²) >= 11 is 0. The Balaban J connectivity index is 1.51. The molecule has 0 N–H and O–H groups in total. The summed E-state index contributed by atoms with van der Waals surface area (Å²) in [6.07, 6.45) is 8.01. The van der Waals surface area contributed by atoms with Gasteiger partial charge in [-0.1, -0.05) is 0 Å². The van der Waals surface area contributed by atoms with E-state index in [1.807, 2.05) is 13.8 Å². The van der Waals surface area contributed by atoms with E-state index in [9.17, 15) is 0 Å². The molecule has 3 nitrogen and oxygen atoms in total. The van der Waals surface area contributed by atoms with Gasteiger partial charge in [-0.25, -0.2) is 0 Å². The molecule has 2 heterocycles. The first-order valence-electron chi connectivity index (χ1n) is 7.03. The van der Waals surface area contributed by atoms with Crippen molar-refractivity contribution in [2.45, 2.75) is 81.6 Å². The lowest BCUT2D eigenvalue weighted by molar-refractivity contribution is -0.243. The van der Waals surface area contributed by atoms with E-state index in [1.165, 1.54) is 38.5 Å². The van der Waals surface area contributed by atoms with E-state index in [4.69, 9.17) is 14.2 Å². The van der Waals surface area contributed by atoms with Crippen LogP contribution in [0.4, 0.5) is 0 Å². The minimum Gasteiger partial charge on any atom is -0.363 e. The lowest BCUT2D eigenvalue weighted by atomic mass is 9.65. The van der Waals surface area contributed by atoms with Crippen LogP contribution in [0.2, 0.25) is 0 Å². The van der Waals surface area contributed by atoms with Gasteiger partial charge in [0.2, 0.25) is 0 Å². The topological polar surface area (TPSA) is 27.7 Å². The van der Waals surface area contributed by atoms with Gasteiger partial charge in [-0.05, 0) is 57.8 Å². The van der Waals surface area contributed by atoms with Crippen molar-refractivity contribution >= 4 is 0 Å². The molecular weight excluding hydrogens is 216 g/mol. The molecule has 5 rings (SSSR count). The van der Waals surface area contributed by atoms with Crippen LogP contribution in [-0.4, -0.2) is 29.2 Å². The standard InChI is InChI=1S/C14H20O3/c1-11(2)15-9-10(16-11)14(17-13(9)5-6-13)7-12(8-14)3-4-12/h9-10H,3-8H2,1-2H3/t9-,10+/m1/s1. The maximum Gasteiger partial charge on any atom is 0.164 e. The number of hydrogen-bond acceptors (Lipinski definition) is 3. The molecule has 0 aromatic heterocycles. The van der Waals surface area contributed by atoms with E-state index in [0.717, 1.165) is 0 Å². The molecule has 0 aromatic rings. The Labute approximate surface area is 102 Å². The molecule has 5 fully saturated rings. The van der Waals surface area contributed by atoms with Gasteiger partial charge in [0.05, 0.1) is 11.2 Å². The fourth-order valence-corrected chi connectivity index (χ4v) is 4.58. The Bertz CT molecular complexity index is 398. The zero-order valence-corrected chi connectivity index (χ0v) is 10.6. The zero-order chi connectivity index (χ0) is 11.5. The molecular formula is C14H20O3. The molecule has 3 heteroatoms. The molecule has 3 saturated carbocycles. The van der Waals surface area contributed by atoms with Crippen LogP contribution in [0.15, 0.2) is 0 Å². The predicted molar refractivity (Wildman–Crippen MR) is 60.5 cm³/mol. The van der Waals surface area contributed by atoms with Crippen LogP contribution in [0.1, 0.15) is 52.4 Å². The van der Waals surface area contributed by atoms with E-state index < -0.39 is 5.79 Å². The first-order valence-corrected chi connectivity index (χ1v) is 7.03. The van der Waals surface area contributed by atoms with Gasteiger partial charge in [-0.3, -0.25) is 0 Å². The Hall–Kier alpha value is -0.120. The van der Waals surface area contributed by atoms with Crippen molar-refractivity contribution in [3.63, 3.8) is 0 Å². The largest absolute Gasteiger partial charge is 0.363 e. The maximum absolute atomic E-state index is 6.47. The van der Waals surface area contributed by atoms with E-state index in [0.29, 0.717) is 5.41 Å². The summed E-state index contributed by atoms with van der Waals surface area (Å²) in [5, 5.41) is 0. The number of fused-ring (bicyclic) bond motifs is 3. The molecule has 0 bridgehead atoms. The highest BCUT2D eigenvalue weighted by molar-refractivity contribution is 5.27. The Morgan fingerprint density at radius 2 is 1.41 bits per heavy atom. The second-order valence-electron chi connectivity index (χ2n) is 7.56. The van der Waals surface area contributed by atoms with Crippen molar-refractivity contribution < 1.29 is 14.2 Å². The van der Waals surface area contributed by atoms with E-state index in [1.54, 1.807) is 0 Å². The summed E-state index contributed by atoms with van der Waals surface area (Å²) in [5.41, 5.74) is 0.710. The summed E-state index contributed by atoms with van der Waals surface area (Å²) in [6.45, 7) is 4.08. The van der Waals surface area contributed by atoms with Crippen LogP contribution in [0, 0.1) is 5.41 Å². The van der Waals surface area contributed by atoms with E-state index >= 15 is 0 Å². The molecule has 2 aliphatic heterocycles. The van der Waals surface area contributed by atoms with Crippen LogP contribution in [0.5, 0.6) is 0 Å². The Kier molecular flexibility index (Phi) is 1.34. The highest BCUT2D eigenvalue weighted by Crippen LogP contribution is 2.73. The quantitative estimate of drug-likeness (QED) is 0.646. The van der Waals surface area contributed by atoms with Gasteiger partial charge >= 0.3 is 0 Å². The van der Waals surface area contributed by atoms with Crippen LogP contribution in [-0.2, 0) is 14.2 Å². The molecule has 94 valence electrons. The lowest BCUT2D eigenvalue weighted by Gasteiger charge is -2.48. The molecule has 2 saturated heterocycles. The molecule has 5 aliphatic rings. The third-order valence-corrected chi connectivity index (χ3v) is 5.59. The molecule has 0 amide bonds. The summed E-state index contributed by atoms with van der Waals surface area (Å²) in [4.78, 5) is 0. The van der Waals surface area contributed by atoms with Gasteiger partial charge in [-0.2, -0.15) is 0 Å². The minimum atomic E-state index is -0.409. The van der Waals surface area contributed by atoms with Gasteiger partial charge in [-0.15, -0.1) is 0 Å². The number of hydrogen-bond donors (Lipinski definition) is 0. The third-order valence-electron chi connectivity index (χ3n) is 5.59. The number of ether oxygens (including phenoxy) is 3. The van der Waals surface area contributed by atoms with Gasteiger partial charge in [0.15, 0.2) is 5.79 Å². The van der Waals surface area contributed by atoms with Gasteiger partial charge in [0.1, 0.15) is 12.2 Å². The summed E-state index contributed by atoms with van der Waals surface area (Å²) in [7, 11) is 0. The summed E-state index contributed by atoms with van der Waals surface area (Å²) < 4.78 is 18.8. The average Bonchev–Trinajstić information content (AvgIpc) is 3.05. The molecule has 17 heavy (non-hydrogen) atoms. The van der Waals surface area contributed by atoms with Gasteiger partial charge in [0, 0.05) is 0 Å². The fourth-order valence-electron chi connectivity index (χ4n) is 4.58. The van der Waals surface area contributed by atoms with Crippen molar-refractivity contribution in [3.05, 3.63) is 0 Å². The molecule has 3 aliphatic carbocycles. The van der Waals surface area contributed by atoms with Crippen molar-refractivity contribution in [1.29, 1.82) is 0 Å². The fraction of sp³-hybridized carbons (Fsp3) is 1.00. The second-order valence-corrected chi connectivity index (χ2v) is 7.56. The highest BCUT2D eigenvalue weighted by atomic mass is 16.8. The molecule has 3 spiro atoms. The van der Waals surface area contributed by atoms with Gasteiger partial charge in [0.25, 0.3) is 0 Å². The monoisotopic (exact) mass is 236 g/mol. The molecule has 0 unspecified atom stereocenters. The van der Waals surface area contributed by atoms with Crippen LogP contribution in [0.3, 0.4) is 0 Å². The lowest BCUT2D eigenvalue weighted by Crippen LogP contribution is -2.54. The molecule has 0 aromatic carbocycles. The Morgan fingerprint density at radius 3 is 1.94 bits per heavy atom. The highest BCUT2D eigenvalue weighted by Gasteiger charge is 2.78. The van der Waals surface area contributed by atoms with Crippen molar-refractivity contribution in [2.75, 3.05) is 0 Å². The first-order chi connectivity index (χ1) is 7.97. The van der Waals surface area contributed by atoms with E-state index in [2.05, 4.69) is 0 Å². The van der Waals surface area contributed by atoms with Crippen LogP contribution < -0.4 is 0 Å². The SMILES string of the molecule is CC1(C)O[C@@H]2[C@H](O1)C1(CC3(CC3)C1)OC21CC1. The predicted octanol–water partition coefficient (Wildman–Crippen LogP) is 2.38. The van der Waals surface area contributed by atoms with Crippen molar-refractivity contribution in [2.24, 2.45) is 5.41 Å². The number of rotatable bonds is 0. The third kappa shape index (κ3) is 1.05. The zero-order valence-electron chi connectivity index (χ0n) is 10.6. The summed E-state index contributed by atoms with van der Waals surface area (Å²) in [6, 6.07) is 0. The average molecular weight is 236 g/mol. The van der Waals surface area contributed by atoms with Gasteiger partial charge < -0.3 is 14.2 Å². The van der Waals surface area contributed by atoms with Crippen molar-refractivity contribution in [3.8, 4) is 0 Å².